The van der Waals surface area contributed by atoms with Gasteiger partial charge in [0.2, 0.25) is 0 Å². The highest BCUT2D eigenvalue weighted by Crippen LogP contribution is 2.28. The molecule has 0 saturated heterocycles. The van der Waals surface area contributed by atoms with Crippen molar-refractivity contribution in [2.24, 2.45) is 0 Å². The van der Waals surface area contributed by atoms with Gasteiger partial charge in [-0.1, -0.05) is 57.0 Å². The molecule has 41 heavy (non-hydrogen) atoms. The second kappa shape index (κ2) is 16.8. The van der Waals surface area contributed by atoms with E-state index in [1.165, 1.54) is 18.4 Å². The summed E-state index contributed by atoms with van der Waals surface area (Å²) in [5, 5.41) is 2.96. The summed E-state index contributed by atoms with van der Waals surface area (Å²) < 4.78 is 6.00. The van der Waals surface area contributed by atoms with Crippen LogP contribution in [-0.4, -0.2) is 49.5 Å². The van der Waals surface area contributed by atoms with Crippen LogP contribution in [0.5, 0.6) is 5.75 Å². The second-order valence-corrected chi connectivity index (χ2v) is 10.4. The first-order valence-electron chi connectivity index (χ1n) is 14.9. The van der Waals surface area contributed by atoms with Crippen LogP contribution in [0.25, 0.3) is 0 Å². The van der Waals surface area contributed by atoms with E-state index in [1.807, 2.05) is 41.3 Å². The van der Waals surface area contributed by atoms with Gasteiger partial charge in [-0.3, -0.25) is 9.59 Å². The fourth-order valence-electron chi connectivity index (χ4n) is 5.25. The van der Waals surface area contributed by atoms with E-state index in [0.29, 0.717) is 35.7 Å². The lowest BCUT2D eigenvalue weighted by Crippen LogP contribution is -2.31. The second-order valence-electron chi connectivity index (χ2n) is 10.4. The van der Waals surface area contributed by atoms with E-state index in [2.05, 4.69) is 30.1 Å². The van der Waals surface area contributed by atoms with Gasteiger partial charge in [0.05, 0.1) is 12.2 Å². The van der Waals surface area contributed by atoms with Crippen molar-refractivity contribution in [3.8, 4) is 5.75 Å². The van der Waals surface area contributed by atoms with Crippen molar-refractivity contribution >= 4 is 35.6 Å². The van der Waals surface area contributed by atoms with Crippen LogP contribution in [0.2, 0.25) is 0 Å². The molecule has 1 aliphatic heterocycles. The van der Waals surface area contributed by atoms with E-state index in [9.17, 15) is 9.59 Å². The van der Waals surface area contributed by atoms with Gasteiger partial charge in [0, 0.05) is 23.5 Å². The predicted molar refractivity (Wildman–Crippen MR) is 171 cm³/mol. The quantitative estimate of drug-likeness (QED) is 0.212. The summed E-state index contributed by atoms with van der Waals surface area (Å²) in [4.78, 5) is 30.8. The van der Waals surface area contributed by atoms with Gasteiger partial charge in [0.25, 0.3) is 11.8 Å². The third kappa shape index (κ3) is 9.07. The number of carbonyl (C=O) groups excluding carboxylic acids is 2. The van der Waals surface area contributed by atoms with Gasteiger partial charge in [0.1, 0.15) is 5.75 Å². The molecule has 0 aliphatic carbocycles. The molecule has 3 aromatic rings. The lowest BCUT2D eigenvalue weighted by atomic mass is 10.1. The van der Waals surface area contributed by atoms with Crippen molar-refractivity contribution < 1.29 is 14.3 Å². The summed E-state index contributed by atoms with van der Waals surface area (Å²) in [6.45, 7) is 9.07. The highest BCUT2D eigenvalue weighted by Gasteiger charge is 2.22. The van der Waals surface area contributed by atoms with Crippen LogP contribution in [0.1, 0.15) is 78.7 Å². The zero-order valence-corrected chi connectivity index (χ0v) is 25.3. The van der Waals surface area contributed by atoms with Crippen LogP contribution >= 0.6 is 12.4 Å². The number of halogens is 1. The molecule has 0 saturated carbocycles. The predicted octanol–water partition coefficient (Wildman–Crippen LogP) is 7.62. The van der Waals surface area contributed by atoms with Gasteiger partial charge in [0.15, 0.2) is 0 Å². The smallest absolute Gasteiger partial charge is 0.259 e. The van der Waals surface area contributed by atoms with E-state index >= 15 is 0 Å². The van der Waals surface area contributed by atoms with Crippen LogP contribution in [0, 0.1) is 0 Å². The highest BCUT2D eigenvalue weighted by atomic mass is 35.5. The number of nitrogens with zero attached hydrogens (tertiary/aromatic N) is 2. The zero-order chi connectivity index (χ0) is 28.2. The standard InChI is InChI=1S/C34H43N3O3.ClH/c1-3-36(4-2)24-12-5-6-14-26-40-32-19-10-8-17-30(32)33(38)35-29-22-20-28(21-23-29)34(39)37-25-13-11-16-27-15-7-9-18-31(27)37;/h7-10,15,17-23H,3-6,11-14,16,24-26H2,1-2H3,(H,35,38);1H. The van der Waals surface area contributed by atoms with Gasteiger partial charge in [-0.25, -0.2) is 0 Å². The number of hydrogen-bond donors (Lipinski definition) is 1. The zero-order valence-electron chi connectivity index (χ0n) is 24.4. The number of unbranched alkanes of at least 4 members (excludes halogenated alkanes) is 3. The molecule has 0 aromatic heterocycles. The molecule has 2 amide bonds. The van der Waals surface area contributed by atoms with Gasteiger partial charge in [-0.2, -0.15) is 0 Å². The van der Waals surface area contributed by atoms with Gasteiger partial charge in [-0.15, -0.1) is 12.4 Å². The molecule has 3 aromatic carbocycles. The number of amides is 2. The minimum atomic E-state index is -0.227. The monoisotopic (exact) mass is 577 g/mol. The first-order chi connectivity index (χ1) is 19.6. The summed E-state index contributed by atoms with van der Waals surface area (Å²) >= 11 is 0. The molecule has 0 fully saturated rings. The van der Waals surface area contributed by atoms with Crippen LogP contribution < -0.4 is 15.0 Å². The molecule has 1 heterocycles. The molecule has 7 heteroatoms. The molecule has 0 atom stereocenters. The Morgan fingerprint density at radius 2 is 1.56 bits per heavy atom. The topological polar surface area (TPSA) is 61.9 Å². The SMILES string of the molecule is CCN(CC)CCCCCCOc1ccccc1C(=O)Nc1ccc(C(=O)N2CCCCc3ccccc32)cc1.Cl. The Kier molecular flexibility index (Phi) is 13.2. The van der Waals surface area contributed by atoms with Crippen LogP contribution in [0.15, 0.2) is 72.8 Å². The van der Waals surface area contributed by atoms with Gasteiger partial charge in [-0.05, 0) is 99.8 Å². The molecule has 0 bridgehead atoms. The maximum absolute atomic E-state index is 13.4. The first-order valence-corrected chi connectivity index (χ1v) is 14.9. The Labute approximate surface area is 251 Å². The molecule has 6 nitrogen and oxygen atoms in total. The number of fused-ring (bicyclic) bond motifs is 1. The summed E-state index contributed by atoms with van der Waals surface area (Å²) in [5.41, 5.74) is 3.97. The Bertz CT molecular complexity index is 1240. The van der Waals surface area contributed by atoms with Gasteiger partial charge < -0.3 is 19.9 Å². The van der Waals surface area contributed by atoms with Crippen molar-refractivity contribution in [2.45, 2.75) is 58.8 Å². The van der Waals surface area contributed by atoms with Crippen molar-refractivity contribution in [2.75, 3.05) is 43.0 Å². The van der Waals surface area contributed by atoms with E-state index in [0.717, 1.165) is 57.4 Å². The molecule has 4 rings (SSSR count). The lowest BCUT2D eigenvalue weighted by Gasteiger charge is -2.23. The van der Waals surface area contributed by atoms with Gasteiger partial charge >= 0.3 is 0 Å². The molecular formula is C34H44ClN3O3. The number of benzene rings is 3. The van der Waals surface area contributed by atoms with Crippen molar-refractivity contribution in [3.63, 3.8) is 0 Å². The van der Waals surface area contributed by atoms with Crippen LogP contribution in [0.3, 0.4) is 0 Å². The number of aryl methyl sites for hydroxylation is 1. The molecule has 1 N–H and O–H groups in total. The molecule has 1 aliphatic rings. The van der Waals surface area contributed by atoms with E-state index in [1.54, 1.807) is 30.3 Å². The van der Waals surface area contributed by atoms with Crippen molar-refractivity contribution in [3.05, 3.63) is 89.5 Å². The fourth-order valence-corrected chi connectivity index (χ4v) is 5.25. The molecular weight excluding hydrogens is 534 g/mol. The minimum absolute atomic E-state index is 0. The fraction of sp³-hybridized carbons (Fsp3) is 0.412. The number of nitrogens with one attached hydrogen (secondary N) is 1. The highest BCUT2D eigenvalue weighted by molar-refractivity contribution is 6.08. The Balaban J connectivity index is 0.00000462. The Hall–Kier alpha value is -3.35. The normalized spacial score (nSPS) is 12.7. The molecule has 0 spiro atoms. The third-order valence-corrected chi connectivity index (χ3v) is 7.65. The molecule has 0 unspecified atom stereocenters. The number of hydrogen-bond acceptors (Lipinski definition) is 4. The number of rotatable bonds is 13. The molecule has 220 valence electrons. The van der Waals surface area contributed by atoms with Crippen molar-refractivity contribution in [1.82, 2.24) is 4.90 Å². The number of carbonyl (C=O) groups is 2. The average Bonchev–Trinajstić information content (AvgIpc) is 3.21. The maximum atomic E-state index is 13.4. The van der Waals surface area contributed by atoms with E-state index in [-0.39, 0.29) is 24.2 Å². The number of ether oxygens (including phenoxy) is 1. The lowest BCUT2D eigenvalue weighted by molar-refractivity contribution is 0.0985. The summed E-state index contributed by atoms with van der Waals surface area (Å²) in [6, 6.07) is 22.7. The average molecular weight is 578 g/mol. The molecule has 0 radical (unpaired) electrons. The first kappa shape index (κ1) is 32.2. The summed E-state index contributed by atoms with van der Waals surface area (Å²) in [7, 11) is 0. The van der Waals surface area contributed by atoms with Crippen LogP contribution in [0.4, 0.5) is 11.4 Å². The number of anilines is 2. The minimum Gasteiger partial charge on any atom is -0.493 e. The number of para-hydroxylation sites is 2. The van der Waals surface area contributed by atoms with E-state index in [4.69, 9.17) is 4.74 Å². The largest absolute Gasteiger partial charge is 0.493 e. The summed E-state index contributed by atoms with van der Waals surface area (Å²) in [6.07, 6.45) is 7.52. The van der Waals surface area contributed by atoms with Crippen molar-refractivity contribution in [1.29, 1.82) is 0 Å². The Morgan fingerprint density at radius 1 is 0.854 bits per heavy atom. The van der Waals surface area contributed by atoms with Crippen LogP contribution in [-0.2, 0) is 6.42 Å². The summed E-state index contributed by atoms with van der Waals surface area (Å²) in [5.74, 6) is 0.351. The maximum Gasteiger partial charge on any atom is 0.259 e. The Morgan fingerprint density at radius 3 is 2.34 bits per heavy atom. The third-order valence-electron chi connectivity index (χ3n) is 7.65. The van der Waals surface area contributed by atoms with E-state index < -0.39 is 0 Å².